The molecule has 0 aromatic carbocycles. The van der Waals surface area contributed by atoms with E-state index in [1.165, 1.54) is 0 Å². The Hall–Kier alpha value is -0.880. The number of hydrogen-bond donors (Lipinski definition) is 1. The van der Waals surface area contributed by atoms with Crippen molar-refractivity contribution < 1.29 is 14.7 Å². The number of rotatable bonds is 4. The molecular formula is C11H12BrNO3S. The molecule has 0 spiro atoms. The molecule has 1 aromatic rings. The van der Waals surface area contributed by atoms with Crippen LogP contribution in [0.2, 0.25) is 0 Å². The van der Waals surface area contributed by atoms with E-state index >= 15 is 0 Å². The zero-order chi connectivity index (χ0) is 12.6. The van der Waals surface area contributed by atoms with E-state index in [0.29, 0.717) is 13.0 Å². The molecule has 0 radical (unpaired) electrons. The van der Waals surface area contributed by atoms with E-state index in [1.807, 2.05) is 11.4 Å². The van der Waals surface area contributed by atoms with Crippen molar-refractivity contribution in [2.45, 2.75) is 13.0 Å². The van der Waals surface area contributed by atoms with Crippen molar-refractivity contribution in [3.63, 3.8) is 0 Å². The zero-order valence-electron chi connectivity index (χ0n) is 9.22. The Morgan fingerprint density at radius 3 is 2.76 bits per heavy atom. The molecule has 6 heteroatoms. The Kier molecular flexibility index (Phi) is 3.53. The second-order valence-corrected chi connectivity index (χ2v) is 6.53. The van der Waals surface area contributed by atoms with Gasteiger partial charge in [-0.05, 0) is 39.4 Å². The van der Waals surface area contributed by atoms with Crippen LogP contribution in [0.25, 0.3) is 0 Å². The van der Waals surface area contributed by atoms with Crippen LogP contribution in [0.4, 0.5) is 0 Å². The first kappa shape index (κ1) is 12.6. The number of carbonyl (C=O) groups is 2. The summed E-state index contributed by atoms with van der Waals surface area (Å²) in [4.78, 5) is 24.2. The molecule has 4 nitrogen and oxygen atoms in total. The number of hydrogen-bond acceptors (Lipinski definition) is 3. The van der Waals surface area contributed by atoms with Gasteiger partial charge >= 0.3 is 5.97 Å². The molecule has 1 aliphatic rings. The molecule has 0 unspecified atom stereocenters. The molecule has 1 heterocycles. The molecule has 0 saturated heterocycles. The summed E-state index contributed by atoms with van der Waals surface area (Å²) in [5.41, 5.74) is 1.06. The standard InChI is InChI=1S/C11H12BrNO3S/c1-13(4-6-2-9(12)17-5-6)10(14)7-3-8(7)11(15)16/h2,5,7-8H,3-4H2,1H3,(H,15,16)/t7-,8-/m0/s1. The average Bonchev–Trinajstić information content (AvgIpc) is 2.96. The molecule has 92 valence electrons. The summed E-state index contributed by atoms with van der Waals surface area (Å²) in [6, 6.07) is 1.97. The maximum absolute atomic E-state index is 11.9. The average molecular weight is 318 g/mol. The van der Waals surface area contributed by atoms with Gasteiger partial charge in [0.2, 0.25) is 5.91 Å². The molecule has 1 aliphatic carbocycles. The molecule has 1 amide bonds. The van der Waals surface area contributed by atoms with Crippen molar-refractivity contribution in [2.75, 3.05) is 7.05 Å². The van der Waals surface area contributed by atoms with Crippen molar-refractivity contribution in [3.05, 3.63) is 20.8 Å². The summed E-state index contributed by atoms with van der Waals surface area (Å²) < 4.78 is 1.03. The normalized spacial score (nSPS) is 22.2. The van der Waals surface area contributed by atoms with E-state index in [0.717, 1.165) is 9.35 Å². The minimum Gasteiger partial charge on any atom is -0.481 e. The first-order valence-corrected chi connectivity index (χ1v) is 6.87. The van der Waals surface area contributed by atoms with Crippen LogP contribution in [-0.2, 0) is 16.1 Å². The van der Waals surface area contributed by atoms with Crippen LogP contribution in [0.5, 0.6) is 0 Å². The maximum atomic E-state index is 11.9. The summed E-state index contributed by atoms with van der Waals surface area (Å²) in [6.45, 7) is 0.532. The highest BCUT2D eigenvalue weighted by molar-refractivity contribution is 9.11. The van der Waals surface area contributed by atoms with Gasteiger partial charge in [0, 0.05) is 13.6 Å². The van der Waals surface area contributed by atoms with Crippen molar-refractivity contribution in [1.82, 2.24) is 4.90 Å². The SMILES string of the molecule is CN(Cc1csc(Br)c1)C(=O)[C@H]1C[C@@H]1C(=O)O. The molecule has 2 rings (SSSR count). The highest BCUT2D eigenvalue weighted by atomic mass is 79.9. The van der Waals surface area contributed by atoms with Crippen molar-refractivity contribution in [3.8, 4) is 0 Å². The Morgan fingerprint density at radius 2 is 2.29 bits per heavy atom. The van der Waals surface area contributed by atoms with Crippen LogP contribution in [0, 0.1) is 11.8 Å². The fourth-order valence-corrected chi connectivity index (χ4v) is 3.00. The lowest BCUT2D eigenvalue weighted by Crippen LogP contribution is -2.28. The van der Waals surface area contributed by atoms with Gasteiger partial charge in [-0.25, -0.2) is 0 Å². The zero-order valence-corrected chi connectivity index (χ0v) is 11.6. The summed E-state index contributed by atoms with van der Waals surface area (Å²) in [6.07, 6.45) is 0.478. The predicted octanol–water partition coefficient (Wildman–Crippen LogP) is 2.19. The fraction of sp³-hybridized carbons (Fsp3) is 0.455. The smallest absolute Gasteiger partial charge is 0.307 e. The van der Waals surface area contributed by atoms with Crippen LogP contribution in [-0.4, -0.2) is 28.9 Å². The number of aliphatic carboxylic acids is 1. The third kappa shape index (κ3) is 2.87. The van der Waals surface area contributed by atoms with Crippen LogP contribution < -0.4 is 0 Å². The van der Waals surface area contributed by atoms with Gasteiger partial charge in [-0.3, -0.25) is 9.59 Å². The fourth-order valence-electron chi connectivity index (χ4n) is 1.80. The Labute approximate surface area is 111 Å². The number of carboxylic acid groups (broad SMARTS) is 1. The second kappa shape index (κ2) is 4.78. The number of amides is 1. The van der Waals surface area contributed by atoms with Gasteiger partial charge in [-0.2, -0.15) is 0 Å². The Balaban J connectivity index is 1.91. The van der Waals surface area contributed by atoms with Gasteiger partial charge in [0.05, 0.1) is 15.6 Å². The second-order valence-electron chi connectivity index (χ2n) is 4.24. The number of halogens is 1. The maximum Gasteiger partial charge on any atom is 0.307 e. The van der Waals surface area contributed by atoms with E-state index in [2.05, 4.69) is 15.9 Å². The van der Waals surface area contributed by atoms with Crippen LogP contribution in [0.15, 0.2) is 15.2 Å². The highest BCUT2D eigenvalue weighted by Crippen LogP contribution is 2.40. The van der Waals surface area contributed by atoms with Crippen molar-refractivity contribution in [1.29, 1.82) is 0 Å². The lowest BCUT2D eigenvalue weighted by molar-refractivity contribution is -0.141. The Bertz CT molecular complexity index is 459. The largest absolute Gasteiger partial charge is 0.481 e. The van der Waals surface area contributed by atoms with Crippen LogP contribution >= 0.6 is 27.3 Å². The summed E-state index contributed by atoms with van der Waals surface area (Å²) in [5.74, 6) is -1.73. The quantitative estimate of drug-likeness (QED) is 0.926. The summed E-state index contributed by atoms with van der Waals surface area (Å²) in [7, 11) is 1.71. The van der Waals surface area contributed by atoms with Gasteiger partial charge in [0.15, 0.2) is 0 Å². The van der Waals surface area contributed by atoms with E-state index in [4.69, 9.17) is 5.11 Å². The summed E-state index contributed by atoms with van der Waals surface area (Å²) in [5, 5.41) is 10.8. The van der Waals surface area contributed by atoms with Crippen molar-refractivity contribution in [2.24, 2.45) is 11.8 Å². The highest BCUT2D eigenvalue weighted by Gasteiger charge is 2.49. The number of thiophene rings is 1. The lowest BCUT2D eigenvalue weighted by atomic mass is 10.2. The van der Waals surface area contributed by atoms with Gasteiger partial charge in [-0.15, -0.1) is 11.3 Å². The molecule has 1 aromatic heterocycles. The predicted molar refractivity (Wildman–Crippen MR) is 67.7 cm³/mol. The van der Waals surface area contributed by atoms with Crippen LogP contribution in [0.1, 0.15) is 12.0 Å². The number of carbonyl (C=O) groups excluding carboxylic acids is 1. The van der Waals surface area contributed by atoms with Crippen molar-refractivity contribution >= 4 is 39.1 Å². The van der Waals surface area contributed by atoms with E-state index in [-0.39, 0.29) is 11.8 Å². The molecule has 0 bridgehead atoms. The minimum absolute atomic E-state index is 0.0697. The van der Waals surface area contributed by atoms with E-state index in [9.17, 15) is 9.59 Å². The van der Waals surface area contributed by atoms with E-state index in [1.54, 1.807) is 23.3 Å². The molecule has 17 heavy (non-hydrogen) atoms. The van der Waals surface area contributed by atoms with Gasteiger partial charge in [-0.1, -0.05) is 0 Å². The molecular weight excluding hydrogens is 306 g/mol. The molecule has 0 aliphatic heterocycles. The topological polar surface area (TPSA) is 57.6 Å². The summed E-state index contributed by atoms with van der Waals surface area (Å²) >= 11 is 4.94. The number of carboxylic acids is 1. The van der Waals surface area contributed by atoms with Crippen LogP contribution in [0.3, 0.4) is 0 Å². The molecule has 1 fully saturated rings. The van der Waals surface area contributed by atoms with Gasteiger partial charge in [0.25, 0.3) is 0 Å². The minimum atomic E-state index is -0.866. The van der Waals surface area contributed by atoms with Gasteiger partial charge < -0.3 is 10.0 Å². The first-order chi connectivity index (χ1) is 7.99. The van der Waals surface area contributed by atoms with Gasteiger partial charge in [0.1, 0.15) is 0 Å². The number of nitrogens with zero attached hydrogens (tertiary/aromatic N) is 1. The molecule has 2 atom stereocenters. The molecule has 1 saturated carbocycles. The Morgan fingerprint density at radius 1 is 1.59 bits per heavy atom. The third-order valence-electron chi connectivity index (χ3n) is 2.84. The van der Waals surface area contributed by atoms with E-state index < -0.39 is 11.9 Å². The lowest BCUT2D eigenvalue weighted by Gasteiger charge is -2.16. The monoisotopic (exact) mass is 317 g/mol. The molecule has 1 N–H and O–H groups in total. The third-order valence-corrected chi connectivity index (χ3v) is 4.40. The first-order valence-electron chi connectivity index (χ1n) is 5.19.